The molecule has 0 atom stereocenters. The fourth-order valence-electron chi connectivity index (χ4n) is 2.21. The summed E-state index contributed by atoms with van der Waals surface area (Å²) >= 11 is 3.35. The van der Waals surface area contributed by atoms with Gasteiger partial charge in [0.15, 0.2) is 6.61 Å². The molecule has 0 aliphatic heterocycles. The lowest BCUT2D eigenvalue weighted by molar-refractivity contribution is -0.147. The smallest absolute Gasteiger partial charge is 0.331 e. The van der Waals surface area contributed by atoms with Crippen LogP contribution in [-0.2, 0) is 20.9 Å². The van der Waals surface area contributed by atoms with Crippen molar-refractivity contribution in [2.75, 3.05) is 20.8 Å². The number of carbonyl (C=O) groups excluding carboxylic acids is 2. The molecule has 0 radical (unpaired) electrons. The van der Waals surface area contributed by atoms with Gasteiger partial charge in [-0.1, -0.05) is 46.3 Å². The zero-order valence-corrected chi connectivity index (χ0v) is 16.2. The van der Waals surface area contributed by atoms with Gasteiger partial charge in [0.25, 0.3) is 5.91 Å². The molecule has 0 aromatic heterocycles. The highest BCUT2D eigenvalue weighted by Gasteiger charge is 2.13. The van der Waals surface area contributed by atoms with Crippen LogP contribution in [0.5, 0.6) is 5.75 Å². The summed E-state index contributed by atoms with van der Waals surface area (Å²) in [5.41, 5.74) is 1.75. The molecule has 2 aromatic carbocycles. The molecule has 0 bridgehead atoms. The van der Waals surface area contributed by atoms with Crippen molar-refractivity contribution in [2.24, 2.45) is 0 Å². The summed E-state index contributed by atoms with van der Waals surface area (Å²) in [6, 6.07) is 14.9. The van der Waals surface area contributed by atoms with E-state index in [0.29, 0.717) is 12.3 Å². The van der Waals surface area contributed by atoms with Gasteiger partial charge in [0.1, 0.15) is 5.75 Å². The van der Waals surface area contributed by atoms with Crippen LogP contribution in [0, 0.1) is 0 Å². The second-order valence-electron chi connectivity index (χ2n) is 5.55. The Kier molecular flexibility index (Phi) is 7.41. The molecule has 136 valence electrons. The van der Waals surface area contributed by atoms with Gasteiger partial charge in [-0.15, -0.1) is 0 Å². The largest absolute Gasteiger partial charge is 0.496 e. The number of benzene rings is 2. The Balaban J connectivity index is 1.83. The van der Waals surface area contributed by atoms with Crippen LogP contribution >= 0.6 is 15.9 Å². The van der Waals surface area contributed by atoms with Gasteiger partial charge in [-0.2, -0.15) is 0 Å². The topological polar surface area (TPSA) is 55.8 Å². The van der Waals surface area contributed by atoms with Crippen LogP contribution in [0.3, 0.4) is 0 Å². The highest BCUT2D eigenvalue weighted by molar-refractivity contribution is 9.10. The predicted octanol–water partition coefficient (Wildman–Crippen LogP) is 3.67. The Morgan fingerprint density at radius 1 is 1.12 bits per heavy atom. The van der Waals surface area contributed by atoms with E-state index in [9.17, 15) is 9.59 Å². The number of ether oxygens (including phenoxy) is 2. The monoisotopic (exact) mass is 417 g/mol. The molecule has 0 saturated heterocycles. The zero-order valence-electron chi connectivity index (χ0n) is 14.6. The van der Waals surface area contributed by atoms with Gasteiger partial charge < -0.3 is 14.4 Å². The number of likely N-dealkylation sites (N-methyl/N-ethyl adjacent to an activating group) is 1. The van der Waals surface area contributed by atoms with Crippen molar-refractivity contribution in [3.8, 4) is 5.75 Å². The third kappa shape index (κ3) is 6.04. The van der Waals surface area contributed by atoms with Gasteiger partial charge in [0, 0.05) is 29.7 Å². The summed E-state index contributed by atoms with van der Waals surface area (Å²) in [5, 5.41) is 0. The first-order valence-electron chi connectivity index (χ1n) is 7.96. The number of esters is 1. The number of para-hydroxylation sites is 1. The normalized spacial score (nSPS) is 10.6. The van der Waals surface area contributed by atoms with Crippen LogP contribution in [0.1, 0.15) is 11.1 Å². The third-order valence-corrected chi connectivity index (χ3v) is 4.17. The second kappa shape index (κ2) is 9.77. The number of nitrogens with zero attached hydrogens (tertiary/aromatic N) is 1. The van der Waals surface area contributed by atoms with Crippen molar-refractivity contribution in [3.63, 3.8) is 0 Å². The minimum atomic E-state index is -0.563. The summed E-state index contributed by atoms with van der Waals surface area (Å²) < 4.78 is 11.2. The van der Waals surface area contributed by atoms with Gasteiger partial charge in [-0.25, -0.2) is 4.79 Å². The molecular weight excluding hydrogens is 398 g/mol. The summed E-state index contributed by atoms with van der Waals surface area (Å²) in [6.07, 6.45) is 2.94. The molecule has 0 spiro atoms. The SMILES string of the molecule is COc1ccccc1CN(C)C(=O)COC(=O)/C=C/c1ccc(Br)cc1. The summed E-state index contributed by atoms with van der Waals surface area (Å²) in [7, 11) is 3.24. The molecule has 5 nitrogen and oxygen atoms in total. The maximum atomic E-state index is 12.1. The Labute approximate surface area is 161 Å². The fraction of sp³-hybridized carbons (Fsp3) is 0.200. The molecule has 0 aliphatic rings. The molecule has 2 aromatic rings. The molecule has 1 amide bonds. The molecule has 6 heteroatoms. The second-order valence-corrected chi connectivity index (χ2v) is 6.47. The molecule has 0 saturated carbocycles. The number of hydrogen-bond acceptors (Lipinski definition) is 4. The average molecular weight is 418 g/mol. The standard InChI is InChI=1S/C20H20BrNO4/c1-22(13-16-5-3-4-6-18(16)25-2)19(23)14-26-20(24)12-9-15-7-10-17(21)11-8-15/h3-12H,13-14H2,1-2H3/b12-9+. The van der Waals surface area contributed by atoms with E-state index in [0.717, 1.165) is 15.6 Å². The van der Waals surface area contributed by atoms with E-state index >= 15 is 0 Å². The van der Waals surface area contributed by atoms with Crippen molar-refractivity contribution in [1.82, 2.24) is 4.90 Å². The van der Waals surface area contributed by atoms with Gasteiger partial charge in [0.05, 0.1) is 7.11 Å². The number of amides is 1. The minimum absolute atomic E-state index is 0.290. The first kappa shape index (κ1) is 19.7. The maximum absolute atomic E-state index is 12.1. The first-order valence-corrected chi connectivity index (χ1v) is 8.75. The molecule has 26 heavy (non-hydrogen) atoms. The Morgan fingerprint density at radius 2 is 1.81 bits per heavy atom. The van der Waals surface area contributed by atoms with Crippen molar-refractivity contribution < 1.29 is 19.1 Å². The van der Waals surface area contributed by atoms with Crippen LogP contribution in [-0.4, -0.2) is 37.5 Å². The lowest BCUT2D eigenvalue weighted by Crippen LogP contribution is -2.30. The lowest BCUT2D eigenvalue weighted by Gasteiger charge is -2.18. The zero-order chi connectivity index (χ0) is 18.9. The van der Waals surface area contributed by atoms with E-state index in [-0.39, 0.29) is 12.5 Å². The molecule has 0 aliphatic carbocycles. The predicted molar refractivity (Wildman–Crippen MR) is 104 cm³/mol. The van der Waals surface area contributed by atoms with E-state index in [4.69, 9.17) is 9.47 Å². The molecule has 2 rings (SSSR count). The van der Waals surface area contributed by atoms with Crippen molar-refractivity contribution in [2.45, 2.75) is 6.54 Å². The molecule has 0 N–H and O–H groups in total. The maximum Gasteiger partial charge on any atom is 0.331 e. The van der Waals surface area contributed by atoms with Crippen molar-refractivity contribution >= 4 is 33.9 Å². The van der Waals surface area contributed by atoms with E-state index < -0.39 is 5.97 Å². The average Bonchev–Trinajstić information content (AvgIpc) is 2.66. The van der Waals surface area contributed by atoms with Crippen LogP contribution < -0.4 is 4.74 Å². The summed E-state index contributed by atoms with van der Waals surface area (Å²) in [6.45, 7) is 0.0598. The third-order valence-electron chi connectivity index (χ3n) is 3.65. The van der Waals surface area contributed by atoms with E-state index in [1.165, 1.54) is 11.0 Å². The van der Waals surface area contributed by atoms with E-state index in [1.54, 1.807) is 20.2 Å². The van der Waals surface area contributed by atoms with Crippen molar-refractivity contribution in [3.05, 3.63) is 70.2 Å². The highest BCUT2D eigenvalue weighted by atomic mass is 79.9. The summed E-state index contributed by atoms with van der Waals surface area (Å²) in [5.74, 6) is -0.144. The molecule has 0 unspecified atom stereocenters. The van der Waals surface area contributed by atoms with Crippen LogP contribution in [0.25, 0.3) is 6.08 Å². The van der Waals surface area contributed by atoms with E-state index in [2.05, 4.69) is 15.9 Å². The first-order chi connectivity index (χ1) is 12.5. The van der Waals surface area contributed by atoms with Gasteiger partial charge in [-0.3, -0.25) is 4.79 Å². The minimum Gasteiger partial charge on any atom is -0.496 e. The highest BCUT2D eigenvalue weighted by Crippen LogP contribution is 2.18. The van der Waals surface area contributed by atoms with Gasteiger partial charge >= 0.3 is 5.97 Å². The van der Waals surface area contributed by atoms with Crippen LogP contribution in [0.2, 0.25) is 0 Å². The lowest BCUT2D eigenvalue weighted by atomic mass is 10.2. The van der Waals surface area contributed by atoms with Gasteiger partial charge in [-0.05, 0) is 29.8 Å². The number of carbonyl (C=O) groups is 2. The van der Waals surface area contributed by atoms with Crippen LogP contribution in [0.4, 0.5) is 0 Å². The summed E-state index contributed by atoms with van der Waals surface area (Å²) in [4.78, 5) is 25.4. The number of methoxy groups -OCH3 is 1. The van der Waals surface area contributed by atoms with Crippen molar-refractivity contribution in [1.29, 1.82) is 0 Å². The molecular formula is C20H20BrNO4. The number of rotatable bonds is 7. The number of halogens is 1. The fourth-order valence-corrected chi connectivity index (χ4v) is 2.47. The van der Waals surface area contributed by atoms with Crippen LogP contribution in [0.15, 0.2) is 59.1 Å². The number of hydrogen-bond donors (Lipinski definition) is 0. The Bertz CT molecular complexity index is 787. The molecule has 0 heterocycles. The van der Waals surface area contributed by atoms with E-state index in [1.807, 2.05) is 48.5 Å². The Hall–Kier alpha value is -2.60. The van der Waals surface area contributed by atoms with Gasteiger partial charge in [0.2, 0.25) is 0 Å². The quantitative estimate of drug-likeness (QED) is 0.509. The molecule has 0 fully saturated rings. The Morgan fingerprint density at radius 3 is 2.50 bits per heavy atom.